The average molecular weight is 356 g/mol. The van der Waals surface area contributed by atoms with E-state index in [2.05, 4.69) is 0 Å². The molecule has 0 aromatic heterocycles. The summed E-state index contributed by atoms with van der Waals surface area (Å²) in [4.78, 5) is 24.8. The number of Topliss-reactive ketones (excluding diaryl/α,β-unsaturated/α-hetero) is 1. The summed E-state index contributed by atoms with van der Waals surface area (Å²) in [6.45, 7) is 9.28. The molecule has 2 N–H and O–H groups in total. The highest BCUT2D eigenvalue weighted by atomic mass is 16.6. The number of epoxide rings is 1. The lowest BCUT2D eigenvalue weighted by Gasteiger charge is -2.30. The molecule has 7 unspecified atom stereocenters. The Morgan fingerprint density at radius 2 is 1.96 bits per heavy atom. The second-order valence-electron chi connectivity index (χ2n) is 8.27. The Bertz CT molecular complexity index is 504. The number of carbonyl (C=O) groups is 2. The van der Waals surface area contributed by atoms with Crippen molar-refractivity contribution in [1.29, 1.82) is 0 Å². The highest BCUT2D eigenvalue weighted by Crippen LogP contribution is 2.43. The summed E-state index contributed by atoms with van der Waals surface area (Å²) in [6, 6.07) is 0. The molecule has 2 heterocycles. The van der Waals surface area contributed by atoms with Gasteiger partial charge < -0.3 is 19.7 Å². The lowest BCUT2D eigenvalue weighted by atomic mass is 9.83. The number of hydrogen-bond acceptors (Lipinski definition) is 6. The topological polar surface area (TPSA) is 96.4 Å². The summed E-state index contributed by atoms with van der Waals surface area (Å²) in [6.07, 6.45) is -0.329. The minimum Gasteiger partial charge on any atom is -0.462 e. The number of rotatable bonds is 6. The van der Waals surface area contributed by atoms with Crippen LogP contribution in [0.25, 0.3) is 0 Å². The molecule has 0 bridgehead atoms. The fraction of sp³-hybridized carbons (Fsp3) is 0.895. The minimum absolute atomic E-state index is 0.000601. The van der Waals surface area contributed by atoms with Crippen LogP contribution < -0.4 is 0 Å². The van der Waals surface area contributed by atoms with Crippen LogP contribution in [0.3, 0.4) is 0 Å². The van der Waals surface area contributed by atoms with Crippen LogP contribution in [0, 0.1) is 17.8 Å². The maximum absolute atomic E-state index is 12.9. The van der Waals surface area contributed by atoms with Gasteiger partial charge in [0.05, 0.1) is 30.7 Å². The molecule has 2 aliphatic heterocycles. The molecule has 144 valence electrons. The minimum atomic E-state index is -0.908. The Hall–Kier alpha value is -0.980. The van der Waals surface area contributed by atoms with Crippen molar-refractivity contribution in [3.63, 3.8) is 0 Å². The van der Waals surface area contributed by atoms with E-state index in [1.807, 2.05) is 20.8 Å². The molecule has 0 aromatic rings. The zero-order valence-electron chi connectivity index (χ0n) is 15.9. The molecule has 6 nitrogen and oxygen atoms in total. The van der Waals surface area contributed by atoms with Gasteiger partial charge in [-0.1, -0.05) is 27.7 Å². The van der Waals surface area contributed by atoms with Gasteiger partial charge in [0.2, 0.25) is 0 Å². The maximum Gasteiger partial charge on any atom is 0.308 e. The van der Waals surface area contributed by atoms with Gasteiger partial charge in [0.25, 0.3) is 0 Å². The molecule has 2 fully saturated rings. The molecule has 6 heteroatoms. The lowest BCUT2D eigenvalue weighted by Crippen LogP contribution is -2.41. The van der Waals surface area contributed by atoms with E-state index in [0.717, 1.165) is 0 Å². The SMILES string of the molecule is CC(C)C(O)CC1OC1(C)C(=O)C(C)C1CCC(C)C(O)CC(=O)O1. The first kappa shape index (κ1) is 20.3. The molecular weight excluding hydrogens is 324 g/mol. The second-order valence-corrected chi connectivity index (χ2v) is 8.27. The summed E-state index contributed by atoms with van der Waals surface area (Å²) in [5, 5.41) is 19.9. The number of esters is 1. The van der Waals surface area contributed by atoms with Gasteiger partial charge in [0.15, 0.2) is 11.4 Å². The van der Waals surface area contributed by atoms with Crippen molar-refractivity contribution in [2.24, 2.45) is 17.8 Å². The molecule has 0 aliphatic carbocycles. The van der Waals surface area contributed by atoms with E-state index in [0.29, 0.717) is 19.3 Å². The van der Waals surface area contributed by atoms with Crippen LogP contribution in [-0.2, 0) is 19.1 Å². The van der Waals surface area contributed by atoms with Gasteiger partial charge in [-0.05, 0) is 31.6 Å². The number of carbonyl (C=O) groups excluding carboxylic acids is 2. The Morgan fingerprint density at radius 1 is 1.32 bits per heavy atom. The fourth-order valence-electron chi connectivity index (χ4n) is 3.48. The fourth-order valence-corrected chi connectivity index (χ4v) is 3.48. The molecule has 7 atom stereocenters. The van der Waals surface area contributed by atoms with E-state index >= 15 is 0 Å². The predicted octanol–water partition coefficient (Wildman–Crippen LogP) is 1.85. The number of hydrogen-bond donors (Lipinski definition) is 2. The smallest absolute Gasteiger partial charge is 0.308 e. The largest absolute Gasteiger partial charge is 0.462 e. The molecule has 2 aliphatic rings. The van der Waals surface area contributed by atoms with Gasteiger partial charge in [-0.15, -0.1) is 0 Å². The third kappa shape index (κ3) is 4.60. The lowest BCUT2D eigenvalue weighted by molar-refractivity contribution is -0.159. The van der Waals surface area contributed by atoms with Crippen LogP contribution in [0.1, 0.15) is 60.3 Å². The molecule has 2 rings (SSSR count). The summed E-state index contributed by atoms with van der Waals surface area (Å²) in [5.41, 5.74) is -0.908. The summed E-state index contributed by atoms with van der Waals surface area (Å²) in [5.74, 6) is -0.908. The van der Waals surface area contributed by atoms with Gasteiger partial charge in [-0.25, -0.2) is 0 Å². The summed E-state index contributed by atoms with van der Waals surface area (Å²) < 4.78 is 11.1. The molecule has 2 saturated heterocycles. The van der Waals surface area contributed by atoms with Gasteiger partial charge >= 0.3 is 5.97 Å². The van der Waals surface area contributed by atoms with Crippen molar-refractivity contribution < 1.29 is 29.3 Å². The van der Waals surface area contributed by atoms with Crippen LogP contribution >= 0.6 is 0 Å². The van der Waals surface area contributed by atoms with E-state index in [-0.39, 0.29) is 30.1 Å². The van der Waals surface area contributed by atoms with Crippen LogP contribution in [0.4, 0.5) is 0 Å². The van der Waals surface area contributed by atoms with Crippen molar-refractivity contribution in [3.8, 4) is 0 Å². The number of aliphatic hydroxyl groups excluding tert-OH is 2. The molecule has 0 radical (unpaired) electrons. The van der Waals surface area contributed by atoms with Gasteiger partial charge in [-0.3, -0.25) is 9.59 Å². The molecule has 0 saturated carbocycles. The molecule has 0 aromatic carbocycles. The Morgan fingerprint density at radius 3 is 2.56 bits per heavy atom. The average Bonchev–Trinajstić information content (AvgIpc) is 3.19. The standard InChI is InChI=1S/C19H32O6/c1-10(2)13(20)8-16-19(5,25-16)18(23)12(4)15-7-6-11(3)14(21)9-17(22)24-15/h10-16,20-21H,6-9H2,1-5H3. The number of ether oxygens (including phenoxy) is 2. The van der Waals surface area contributed by atoms with E-state index in [1.54, 1.807) is 13.8 Å². The summed E-state index contributed by atoms with van der Waals surface area (Å²) in [7, 11) is 0. The van der Waals surface area contributed by atoms with Crippen LogP contribution in [-0.4, -0.2) is 52.0 Å². The first-order valence-electron chi connectivity index (χ1n) is 9.34. The van der Waals surface area contributed by atoms with Gasteiger partial charge in [-0.2, -0.15) is 0 Å². The molecule has 0 amide bonds. The third-order valence-electron chi connectivity index (χ3n) is 5.85. The normalized spacial score (nSPS) is 38.5. The number of ketones is 1. The monoisotopic (exact) mass is 356 g/mol. The zero-order chi connectivity index (χ0) is 18.9. The highest BCUT2D eigenvalue weighted by Gasteiger charge is 2.60. The van der Waals surface area contributed by atoms with E-state index in [1.165, 1.54) is 0 Å². The summed E-state index contributed by atoms with van der Waals surface area (Å²) >= 11 is 0. The van der Waals surface area contributed by atoms with Crippen molar-refractivity contribution in [1.82, 2.24) is 0 Å². The number of aliphatic hydroxyl groups is 2. The van der Waals surface area contributed by atoms with Gasteiger partial charge in [0, 0.05) is 6.42 Å². The quantitative estimate of drug-likeness (QED) is 0.557. The van der Waals surface area contributed by atoms with Crippen molar-refractivity contribution in [2.75, 3.05) is 0 Å². The zero-order valence-corrected chi connectivity index (χ0v) is 15.9. The van der Waals surface area contributed by atoms with Crippen molar-refractivity contribution in [2.45, 2.75) is 90.3 Å². The second kappa shape index (κ2) is 7.72. The van der Waals surface area contributed by atoms with Crippen LogP contribution in [0.2, 0.25) is 0 Å². The van der Waals surface area contributed by atoms with Gasteiger partial charge in [0.1, 0.15) is 6.10 Å². The Kier molecular flexibility index (Phi) is 6.28. The maximum atomic E-state index is 12.9. The predicted molar refractivity (Wildman–Crippen MR) is 91.8 cm³/mol. The highest BCUT2D eigenvalue weighted by molar-refractivity contribution is 5.92. The molecule has 25 heavy (non-hydrogen) atoms. The molecule has 0 spiro atoms. The Labute approximate surface area is 149 Å². The molecular formula is C19H32O6. The Balaban J connectivity index is 1.98. The van der Waals surface area contributed by atoms with E-state index in [9.17, 15) is 19.8 Å². The first-order chi connectivity index (χ1) is 11.6. The first-order valence-corrected chi connectivity index (χ1v) is 9.34. The van der Waals surface area contributed by atoms with Crippen LogP contribution in [0.5, 0.6) is 0 Å². The number of cyclic esters (lactones) is 1. The van der Waals surface area contributed by atoms with E-state index < -0.39 is 35.8 Å². The van der Waals surface area contributed by atoms with Crippen LogP contribution in [0.15, 0.2) is 0 Å². The third-order valence-corrected chi connectivity index (χ3v) is 5.85. The van der Waals surface area contributed by atoms with Crippen molar-refractivity contribution >= 4 is 11.8 Å². The van der Waals surface area contributed by atoms with E-state index in [4.69, 9.17) is 9.47 Å². The van der Waals surface area contributed by atoms with Crippen molar-refractivity contribution in [3.05, 3.63) is 0 Å².